The highest BCUT2D eigenvalue weighted by Crippen LogP contribution is 2.29. The van der Waals surface area contributed by atoms with Crippen molar-refractivity contribution in [2.24, 2.45) is 0 Å². The van der Waals surface area contributed by atoms with E-state index in [0.717, 1.165) is 62.3 Å². The molecule has 6 nitrogen and oxygen atoms in total. The Kier molecular flexibility index (Phi) is 5.93. The molecule has 2 heterocycles. The van der Waals surface area contributed by atoms with Crippen LogP contribution in [0.4, 0.5) is 4.39 Å². The van der Waals surface area contributed by atoms with Gasteiger partial charge in [-0.25, -0.2) is 9.07 Å². The van der Waals surface area contributed by atoms with E-state index in [1.807, 2.05) is 33.8 Å². The van der Waals surface area contributed by atoms with E-state index in [1.54, 1.807) is 12.1 Å². The van der Waals surface area contributed by atoms with Crippen LogP contribution in [0.2, 0.25) is 0 Å². The van der Waals surface area contributed by atoms with Gasteiger partial charge in [0.1, 0.15) is 5.82 Å². The van der Waals surface area contributed by atoms with Crippen LogP contribution in [0.3, 0.4) is 0 Å². The van der Waals surface area contributed by atoms with Crippen molar-refractivity contribution in [3.63, 3.8) is 0 Å². The Labute approximate surface area is 192 Å². The largest absolute Gasteiger partial charge is 0.336 e. The Morgan fingerprint density at radius 2 is 1.76 bits per heavy atom. The average molecular weight is 444 g/mol. The first kappa shape index (κ1) is 21.4. The van der Waals surface area contributed by atoms with E-state index in [4.69, 9.17) is 10.4 Å². The minimum atomic E-state index is -0.283. The highest BCUT2D eigenvalue weighted by atomic mass is 19.1. The Morgan fingerprint density at radius 3 is 2.52 bits per heavy atom. The molecule has 1 aliphatic carbocycles. The summed E-state index contributed by atoms with van der Waals surface area (Å²) in [6.45, 7) is 3.90. The summed E-state index contributed by atoms with van der Waals surface area (Å²) in [6, 6.07) is 16.1. The maximum absolute atomic E-state index is 13.5. The van der Waals surface area contributed by atoms with Crippen LogP contribution >= 0.6 is 0 Å². The van der Waals surface area contributed by atoms with E-state index >= 15 is 0 Å². The van der Waals surface area contributed by atoms with Crippen LogP contribution in [0.1, 0.15) is 45.7 Å². The number of benzene rings is 2. The number of halogens is 1. The smallest absolute Gasteiger partial charge is 0.274 e. The van der Waals surface area contributed by atoms with Crippen LogP contribution in [-0.2, 0) is 19.4 Å². The number of carbonyl (C=O) groups excluding carboxylic acids is 1. The van der Waals surface area contributed by atoms with Gasteiger partial charge in [-0.3, -0.25) is 9.69 Å². The quantitative estimate of drug-likeness (QED) is 0.617. The lowest BCUT2D eigenvalue weighted by atomic mass is 10.1. The predicted octanol–water partition coefficient (Wildman–Crippen LogP) is 3.72. The second kappa shape index (κ2) is 9.16. The molecule has 3 aromatic rings. The van der Waals surface area contributed by atoms with Crippen LogP contribution < -0.4 is 0 Å². The van der Waals surface area contributed by atoms with Gasteiger partial charge in [-0.2, -0.15) is 10.4 Å². The van der Waals surface area contributed by atoms with Crippen molar-refractivity contribution < 1.29 is 9.18 Å². The molecule has 168 valence electrons. The minimum absolute atomic E-state index is 0.00534. The summed E-state index contributed by atoms with van der Waals surface area (Å²) >= 11 is 0. The van der Waals surface area contributed by atoms with Gasteiger partial charge in [0.2, 0.25) is 0 Å². The Hall–Kier alpha value is -3.50. The molecule has 0 unspecified atom stereocenters. The highest BCUT2D eigenvalue weighted by Gasteiger charge is 2.30. The minimum Gasteiger partial charge on any atom is -0.336 e. The van der Waals surface area contributed by atoms with Crippen molar-refractivity contribution >= 4 is 5.91 Å². The maximum atomic E-state index is 13.5. The zero-order valence-corrected chi connectivity index (χ0v) is 18.5. The first-order valence-electron chi connectivity index (χ1n) is 11.5. The van der Waals surface area contributed by atoms with Crippen LogP contribution in [0.25, 0.3) is 5.69 Å². The zero-order valence-electron chi connectivity index (χ0n) is 18.5. The lowest BCUT2D eigenvalue weighted by Gasteiger charge is -2.22. The van der Waals surface area contributed by atoms with Crippen molar-refractivity contribution in [1.29, 1.82) is 5.26 Å². The van der Waals surface area contributed by atoms with Crippen molar-refractivity contribution in [3.8, 4) is 11.8 Å². The van der Waals surface area contributed by atoms with E-state index in [-0.39, 0.29) is 11.7 Å². The number of fused-ring (bicyclic) bond motifs is 1. The van der Waals surface area contributed by atoms with Gasteiger partial charge in [-0.05, 0) is 67.6 Å². The van der Waals surface area contributed by atoms with Crippen LogP contribution in [-0.4, -0.2) is 51.7 Å². The molecule has 7 heteroatoms. The molecule has 0 N–H and O–H groups in total. The molecule has 0 radical (unpaired) electrons. The normalized spacial score (nSPS) is 16.3. The summed E-state index contributed by atoms with van der Waals surface area (Å²) in [6.07, 6.45) is 3.65. The van der Waals surface area contributed by atoms with Gasteiger partial charge in [-0.1, -0.05) is 12.1 Å². The van der Waals surface area contributed by atoms with Gasteiger partial charge in [0.15, 0.2) is 5.69 Å². The van der Waals surface area contributed by atoms with Crippen LogP contribution in [0, 0.1) is 17.1 Å². The molecule has 2 aliphatic rings. The third kappa shape index (κ3) is 4.39. The van der Waals surface area contributed by atoms with Gasteiger partial charge in [0.25, 0.3) is 5.91 Å². The number of nitriles is 1. The molecule has 0 bridgehead atoms. The van der Waals surface area contributed by atoms with E-state index in [1.165, 1.54) is 17.7 Å². The number of aromatic nitrogens is 2. The molecule has 1 saturated heterocycles. The van der Waals surface area contributed by atoms with Gasteiger partial charge < -0.3 is 4.90 Å². The van der Waals surface area contributed by atoms with E-state index in [0.29, 0.717) is 24.3 Å². The Bertz CT molecular complexity index is 1190. The molecule has 33 heavy (non-hydrogen) atoms. The number of nitrogens with zero attached hydrogens (tertiary/aromatic N) is 5. The second-order valence-electron chi connectivity index (χ2n) is 8.75. The number of hydrogen-bond donors (Lipinski definition) is 0. The molecule has 2 aromatic carbocycles. The summed E-state index contributed by atoms with van der Waals surface area (Å²) in [7, 11) is 0. The van der Waals surface area contributed by atoms with Crippen molar-refractivity contribution in [3.05, 3.63) is 82.4 Å². The lowest BCUT2D eigenvalue weighted by molar-refractivity contribution is 0.0753. The summed E-state index contributed by atoms with van der Waals surface area (Å²) in [5, 5.41) is 13.7. The molecular weight excluding hydrogens is 417 g/mol. The molecule has 0 spiro atoms. The predicted molar refractivity (Wildman–Crippen MR) is 123 cm³/mol. The molecule has 1 aliphatic heterocycles. The third-order valence-corrected chi connectivity index (χ3v) is 6.57. The third-order valence-electron chi connectivity index (χ3n) is 6.57. The summed E-state index contributed by atoms with van der Waals surface area (Å²) < 4.78 is 15.2. The first-order chi connectivity index (χ1) is 16.1. The van der Waals surface area contributed by atoms with Gasteiger partial charge >= 0.3 is 0 Å². The van der Waals surface area contributed by atoms with E-state index < -0.39 is 0 Å². The van der Waals surface area contributed by atoms with Crippen molar-refractivity contribution in [2.45, 2.75) is 32.2 Å². The average Bonchev–Trinajstić information content (AvgIpc) is 3.37. The molecule has 0 atom stereocenters. The number of rotatable bonds is 4. The molecule has 0 saturated carbocycles. The van der Waals surface area contributed by atoms with Crippen LogP contribution in [0.5, 0.6) is 0 Å². The lowest BCUT2D eigenvalue weighted by Crippen LogP contribution is -2.35. The number of hydrogen-bond acceptors (Lipinski definition) is 4. The summed E-state index contributed by atoms with van der Waals surface area (Å²) in [5.41, 5.74) is 5.29. The van der Waals surface area contributed by atoms with Crippen molar-refractivity contribution in [1.82, 2.24) is 19.6 Å². The van der Waals surface area contributed by atoms with Crippen LogP contribution in [0.15, 0.2) is 48.5 Å². The number of carbonyl (C=O) groups is 1. The van der Waals surface area contributed by atoms with E-state index in [2.05, 4.69) is 11.0 Å². The van der Waals surface area contributed by atoms with Crippen molar-refractivity contribution in [2.75, 3.05) is 26.2 Å². The second-order valence-corrected chi connectivity index (χ2v) is 8.75. The fourth-order valence-corrected chi connectivity index (χ4v) is 4.83. The highest BCUT2D eigenvalue weighted by molar-refractivity contribution is 5.94. The molecule has 1 fully saturated rings. The van der Waals surface area contributed by atoms with Gasteiger partial charge in [0, 0.05) is 44.0 Å². The topological polar surface area (TPSA) is 65.2 Å². The molecule has 5 rings (SSSR count). The van der Waals surface area contributed by atoms with Gasteiger partial charge in [-0.15, -0.1) is 0 Å². The molecule has 1 aromatic heterocycles. The van der Waals surface area contributed by atoms with E-state index in [9.17, 15) is 9.18 Å². The molecule has 1 amide bonds. The zero-order chi connectivity index (χ0) is 22.8. The Morgan fingerprint density at radius 1 is 0.970 bits per heavy atom. The first-order valence-corrected chi connectivity index (χ1v) is 11.5. The maximum Gasteiger partial charge on any atom is 0.274 e. The summed E-state index contributed by atoms with van der Waals surface area (Å²) in [5.74, 6) is -0.289. The van der Waals surface area contributed by atoms with Gasteiger partial charge in [0.05, 0.1) is 17.3 Å². The Balaban J connectivity index is 1.30. The fraction of sp³-hybridized carbons (Fsp3) is 0.346. The monoisotopic (exact) mass is 443 g/mol. The standard InChI is InChI=1S/C26H26FN5O/c27-21-9-11-22(12-10-21)32-24-4-1-3-23(24)25(29-32)26(33)31-14-2-13-30(15-16-31)18-20-7-5-19(17-28)6-8-20/h5-12H,1-4,13-16,18H2. The summed E-state index contributed by atoms with van der Waals surface area (Å²) in [4.78, 5) is 17.8. The fourth-order valence-electron chi connectivity index (χ4n) is 4.83. The molecular formula is C26H26FN5O. The number of amides is 1. The SMILES string of the molecule is N#Cc1ccc(CN2CCCN(C(=O)c3nn(-c4ccc(F)cc4)c4c3CCC4)CC2)cc1.